The number of ether oxygens (including phenoxy) is 3. The van der Waals surface area contributed by atoms with Crippen molar-refractivity contribution in [3.63, 3.8) is 0 Å². The Morgan fingerprint density at radius 3 is 2.10 bits per heavy atom. The van der Waals surface area contributed by atoms with Gasteiger partial charge >= 0.3 is 0 Å². The van der Waals surface area contributed by atoms with Crippen LogP contribution in [0.4, 0.5) is 0 Å². The van der Waals surface area contributed by atoms with Gasteiger partial charge in [0.2, 0.25) is 5.75 Å². The van der Waals surface area contributed by atoms with E-state index in [1.165, 1.54) is 5.56 Å². The number of hydrogen-bond acceptors (Lipinski definition) is 6. The number of carbonyl (C=O) groups excluding carboxylic acids is 1. The van der Waals surface area contributed by atoms with Crippen molar-refractivity contribution in [2.24, 2.45) is 0 Å². The fourth-order valence-electron chi connectivity index (χ4n) is 3.75. The average molecular weight is 425 g/mol. The predicted molar refractivity (Wildman–Crippen MR) is 123 cm³/mol. The van der Waals surface area contributed by atoms with Crippen molar-refractivity contribution in [1.29, 1.82) is 0 Å². The number of rotatable bonds is 10. The molecular formula is C25H32N2O4. The lowest BCUT2D eigenvalue weighted by Gasteiger charge is -2.34. The Kier molecular flexibility index (Phi) is 8.50. The van der Waals surface area contributed by atoms with Crippen molar-refractivity contribution >= 4 is 11.9 Å². The molecule has 0 atom stereocenters. The lowest BCUT2D eigenvalue weighted by Crippen LogP contribution is -2.46. The maximum atomic E-state index is 12.4. The molecule has 0 spiro atoms. The van der Waals surface area contributed by atoms with Gasteiger partial charge in [0.25, 0.3) is 0 Å². The van der Waals surface area contributed by atoms with Crippen LogP contribution in [0.15, 0.2) is 48.5 Å². The minimum atomic E-state index is 0.112. The van der Waals surface area contributed by atoms with E-state index < -0.39 is 0 Å². The molecule has 3 rings (SSSR count). The molecule has 6 heteroatoms. The van der Waals surface area contributed by atoms with Gasteiger partial charge in [-0.3, -0.25) is 9.69 Å². The van der Waals surface area contributed by atoms with Gasteiger partial charge in [0.1, 0.15) is 0 Å². The first-order valence-corrected chi connectivity index (χ1v) is 10.6. The maximum Gasteiger partial charge on any atom is 0.203 e. The van der Waals surface area contributed by atoms with Crippen LogP contribution in [0.1, 0.15) is 17.5 Å². The Morgan fingerprint density at radius 2 is 1.52 bits per heavy atom. The van der Waals surface area contributed by atoms with Crippen LogP contribution in [0, 0.1) is 0 Å². The molecule has 2 aromatic rings. The summed E-state index contributed by atoms with van der Waals surface area (Å²) in [5.41, 5.74) is 2.18. The minimum absolute atomic E-state index is 0.112. The van der Waals surface area contributed by atoms with E-state index in [4.69, 9.17) is 14.2 Å². The zero-order chi connectivity index (χ0) is 22.1. The summed E-state index contributed by atoms with van der Waals surface area (Å²) in [6, 6.07) is 14.2. The second-order valence-electron chi connectivity index (χ2n) is 7.61. The van der Waals surface area contributed by atoms with Gasteiger partial charge in [-0.25, -0.2) is 0 Å². The number of methoxy groups -OCH3 is 3. The van der Waals surface area contributed by atoms with Crippen LogP contribution in [0.3, 0.4) is 0 Å². The molecule has 1 aliphatic heterocycles. The summed E-state index contributed by atoms with van der Waals surface area (Å²) >= 11 is 0. The van der Waals surface area contributed by atoms with Gasteiger partial charge in [-0.05, 0) is 29.3 Å². The summed E-state index contributed by atoms with van der Waals surface area (Å²) in [6.45, 7) is 5.84. The molecule has 1 aliphatic rings. The Balaban J connectivity index is 1.46. The van der Waals surface area contributed by atoms with Crippen LogP contribution in [0.25, 0.3) is 6.08 Å². The number of benzene rings is 2. The summed E-state index contributed by atoms with van der Waals surface area (Å²) in [6.07, 6.45) is 3.94. The van der Waals surface area contributed by atoms with E-state index in [9.17, 15) is 4.79 Å². The highest BCUT2D eigenvalue weighted by Gasteiger charge is 2.17. The Morgan fingerprint density at radius 1 is 0.903 bits per heavy atom. The topological polar surface area (TPSA) is 51.2 Å². The van der Waals surface area contributed by atoms with E-state index in [1.807, 2.05) is 12.1 Å². The quantitative estimate of drug-likeness (QED) is 0.544. The molecule has 166 valence electrons. The van der Waals surface area contributed by atoms with E-state index >= 15 is 0 Å². The third-order valence-corrected chi connectivity index (χ3v) is 5.54. The zero-order valence-corrected chi connectivity index (χ0v) is 18.7. The smallest absolute Gasteiger partial charge is 0.203 e. The van der Waals surface area contributed by atoms with Crippen LogP contribution in [0.5, 0.6) is 17.2 Å². The molecule has 0 saturated carbocycles. The van der Waals surface area contributed by atoms with Crippen LogP contribution >= 0.6 is 0 Å². The Bertz CT molecular complexity index is 849. The van der Waals surface area contributed by atoms with Gasteiger partial charge in [0.15, 0.2) is 17.3 Å². The standard InChI is InChI=1S/C25H32N2O4/c1-29-23-17-21(18-24(30-2)25(23)31-3)9-10-22(28)11-12-26-13-15-27(16-14-26)19-20-7-5-4-6-8-20/h4-10,17-18H,11-16,19H2,1-3H3. The number of ketones is 1. The number of hydrogen-bond donors (Lipinski definition) is 0. The molecule has 6 nitrogen and oxygen atoms in total. The van der Waals surface area contributed by atoms with Crippen molar-refractivity contribution in [3.05, 3.63) is 59.7 Å². The molecule has 1 saturated heterocycles. The lowest BCUT2D eigenvalue weighted by molar-refractivity contribution is -0.114. The number of carbonyl (C=O) groups is 1. The van der Waals surface area contributed by atoms with Gasteiger partial charge in [-0.15, -0.1) is 0 Å². The van der Waals surface area contributed by atoms with Gasteiger partial charge in [-0.2, -0.15) is 0 Å². The summed E-state index contributed by atoms with van der Waals surface area (Å²) in [7, 11) is 4.73. The minimum Gasteiger partial charge on any atom is -0.493 e. The van der Waals surface area contributed by atoms with E-state index in [0.29, 0.717) is 23.7 Å². The van der Waals surface area contributed by atoms with Crippen molar-refractivity contribution in [2.45, 2.75) is 13.0 Å². The lowest BCUT2D eigenvalue weighted by atomic mass is 10.1. The van der Waals surface area contributed by atoms with Crippen molar-refractivity contribution < 1.29 is 19.0 Å². The molecule has 0 radical (unpaired) electrons. The number of piperazine rings is 1. The molecular weight excluding hydrogens is 392 g/mol. The molecule has 0 N–H and O–H groups in total. The first-order valence-electron chi connectivity index (χ1n) is 10.6. The van der Waals surface area contributed by atoms with Gasteiger partial charge < -0.3 is 19.1 Å². The third-order valence-electron chi connectivity index (χ3n) is 5.54. The van der Waals surface area contributed by atoms with E-state index in [2.05, 4.69) is 40.1 Å². The highest BCUT2D eigenvalue weighted by Crippen LogP contribution is 2.38. The highest BCUT2D eigenvalue weighted by atomic mass is 16.5. The monoisotopic (exact) mass is 424 g/mol. The first-order chi connectivity index (χ1) is 15.1. The average Bonchev–Trinajstić information content (AvgIpc) is 2.82. The molecule has 0 amide bonds. The molecule has 31 heavy (non-hydrogen) atoms. The van der Waals surface area contributed by atoms with E-state index in [0.717, 1.165) is 44.8 Å². The largest absolute Gasteiger partial charge is 0.493 e. The molecule has 1 fully saturated rings. The summed E-state index contributed by atoms with van der Waals surface area (Å²) in [5, 5.41) is 0. The van der Waals surface area contributed by atoms with Crippen molar-refractivity contribution in [2.75, 3.05) is 54.1 Å². The molecule has 1 heterocycles. The molecule has 0 bridgehead atoms. The van der Waals surface area contributed by atoms with Crippen molar-refractivity contribution in [3.8, 4) is 17.2 Å². The number of nitrogens with zero attached hydrogens (tertiary/aromatic N) is 2. The second-order valence-corrected chi connectivity index (χ2v) is 7.61. The highest BCUT2D eigenvalue weighted by molar-refractivity contribution is 5.93. The van der Waals surface area contributed by atoms with Gasteiger partial charge in [0.05, 0.1) is 21.3 Å². The molecule has 0 aromatic heterocycles. The Hall–Kier alpha value is -2.83. The van der Waals surface area contributed by atoms with Crippen LogP contribution in [0.2, 0.25) is 0 Å². The maximum absolute atomic E-state index is 12.4. The summed E-state index contributed by atoms with van der Waals surface area (Å²) in [5.74, 6) is 1.80. The SMILES string of the molecule is COc1cc(C=CC(=O)CCN2CCN(Cc3ccccc3)CC2)cc(OC)c1OC. The van der Waals surface area contributed by atoms with E-state index in [-0.39, 0.29) is 5.78 Å². The van der Waals surface area contributed by atoms with Crippen LogP contribution in [-0.2, 0) is 11.3 Å². The first kappa shape index (κ1) is 22.8. The number of allylic oxidation sites excluding steroid dienone is 1. The molecule has 0 unspecified atom stereocenters. The second kappa shape index (κ2) is 11.5. The fourth-order valence-corrected chi connectivity index (χ4v) is 3.75. The molecule has 2 aromatic carbocycles. The fraction of sp³-hybridized carbons (Fsp3) is 0.400. The normalized spacial score (nSPS) is 15.2. The summed E-state index contributed by atoms with van der Waals surface area (Å²) < 4.78 is 16.1. The van der Waals surface area contributed by atoms with Crippen molar-refractivity contribution in [1.82, 2.24) is 9.80 Å². The van der Waals surface area contributed by atoms with Gasteiger partial charge in [0, 0.05) is 45.7 Å². The van der Waals surface area contributed by atoms with Crippen LogP contribution < -0.4 is 14.2 Å². The third kappa shape index (κ3) is 6.57. The summed E-state index contributed by atoms with van der Waals surface area (Å²) in [4.78, 5) is 17.2. The van der Waals surface area contributed by atoms with Crippen LogP contribution in [-0.4, -0.2) is 69.6 Å². The predicted octanol–water partition coefficient (Wildman–Crippen LogP) is 3.50. The van der Waals surface area contributed by atoms with E-state index in [1.54, 1.807) is 33.5 Å². The van der Waals surface area contributed by atoms with Gasteiger partial charge in [-0.1, -0.05) is 36.4 Å². The molecule has 0 aliphatic carbocycles. The zero-order valence-electron chi connectivity index (χ0n) is 18.7. The Labute approximate surface area is 185 Å².